The van der Waals surface area contributed by atoms with Gasteiger partial charge in [-0.05, 0) is 55.2 Å². The Hall–Kier alpha value is -2.34. The largest absolute Gasteiger partial charge is 0.340 e. The van der Waals surface area contributed by atoms with E-state index in [9.17, 15) is 14.0 Å². The van der Waals surface area contributed by atoms with Crippen LogP contribution in [-0.2, 0) is 11.3 Å². The zero-order valence-corrected chi connectivity index (χ0v) is 16.5. The van der Waals surface area contributed by atoms with Crippen LogP contribution in [0.2, 0.25) is 0 Å². The quantitative estimate of drug-likeness (QED) is 0.712. The summed E-state index contributed by atoms with van der Waals surface area (Å²) >= 11 is 1.62. The molecule has 0 fully saturated rings. The molecule has 0 heterocycles. The number of likely N-dealkylation sites (N-methyl/N-ethyl adjacent to an activating group) is 1. The fourth-order valence-electron chi connectivity index (χ4n) is 2.75. The molecule has 0 saturated heterocycles. The average molecular weight is 389 g/mol. The summed E-state index contributed by atoms with van der Waals surface area (Å²) in [4.78, 5) is 27.2. The first-order valence-electron chi connectivity index (χ1n) is 8.93. The Morgan fingerprint density at radius 3 is 2.52 bits per heavy atom. The SMILES string of the molecule is CCN(Cc1cccc(F)c1)C(=O)[C@@H](CCSC)NC(=O)c1ccccc1. The first-order chi connectivity index (χ1) is 13.0. The topological polar surface area (TPSA) is 49.4 Å². The highest BCUT2D eigenvalue weighted by Gasteiger charge is 2.25. The first-order valence-corrected chi connectivity index (χ1v) is 10.3. The molecule has 2 amide bonds. The summed E-state index contributed by atoms with van der Waals surface area (Å²) in [6.45, 7) is 2.66. The third-order valence-electron chi connectivity index (χ3n) is 4.21. The van der Waals surface area contributed by atoms with E-state index in [-0.39, 0.29) is 17.6 Å². The van der Waals surface area contributed by atoms with Crippen molar-refractivity contribution in [2.24, 2.45) is 0 Å². The summed E-state index contributed by atoms with van der Waals surface area (Å²) in [5, 5.41) is 2.86. The van der Waals surface area contributed by atoms with Crippen LogP contribution in [0.5, 0.6) is 0 Å². The average Bonchev–Trinajstić information content (AvgIpc) is 2.69. The van der Waals surface area contributed by atoms with E-state index in [2.05, 4.69) is 5.32 Å². The molecular formula is C21H25FN2O2S. The van der Waals surface area contributed by atoms with E-state index in [4.69, 9.17) is 0 Å². The van der Waals surface area contributed by atoms with Crippen LogP contribution in [0.15, 0.2) is 54.6 Å². The molecule has 2 rings (SSSR count). The monoisotopic (exact) mass is 388 g/mol. The van der Waals surface area contributed by atoms with Crippen LogP contribution in [0.4, 0.5) is 4.39 Å². The summed E-state index contributed by atoms with van der Waals surface area (Å²) < 4.78 is 13.4. The lowest BCUT2D eigenvalue weighted by atomic mass is 10.1. The number of hydrogen-bond donors (Lipinski definition) is 1. The number of carbonyl (C=O) groups is 2. The number of carbonyl (C=O) groups excluding carboxylic acids is 2. The number of hydrogen-bond acceptors (Lipinski definition) is 3. The van der Waals surface area contributed by atoms with Gasteiger partial charge in [0.25, 0.3) is 5.91 Å². The lowest BCUT2D eigenvalue weighted by Crippen LogP contribution is -2.48. The molecule has 6 heteroatoms. The molecule has 1 atom stereocenters. The van der Waals surface area contributed by atoms with Gasteiger partial charge >= 0.3 is 0 Å². The van der Waals surface area contributed by atoms with Crippen molar-refractivity contribution >= 4 is 23.6 Å². The molecular weight excluding hydrogens is 363 g/mol. The van der Waals surface area contributed by atoms with Crippen molar-refractivity contribution in [3.63, 3.8) is 0 Å². The number of thioether (sulfide) groups is 1. The summed E-state index contributed by atoms with van der Waals surface area (Å²) in [6.07, 6.45) is 2.50. The van der Waals surface area contributed by atoms with E-state index < -0.39 is 6.04 Å². The molecule has 0 unspecified atom stereocenters. The molecule has 2 aromatic carbocycles. The highest BCUT2D eigenvalue weighted by Crippen LogP contribution is 2.12. The zero-order chi connectivity index (χ0) is 19.6. The van der Waals surface area contributed by atoms with Crippen LogP contribution < -0.4 is 5.32 Å². The van der Waals surface area contributed by atoms with E-state index in [1.165, 1.54) is 12.1 Å². The minimum atomic E-state index is -0.612. The highest BCUT2D eigenvalue weighted by atomic mass is 32.2. The van der Waals surface area contributed by atoms with E-state index in [1.807, 2.05) is 19.2 Å². The molecule has 0 aromatic heterocycles. The Labute approximate surface area is 164 Å². The molecule has 27 heavy (non-hydrogen) atoms. The summed E-state index contributed by atoms with van der Waals surface area (Å²) in [6, 6.07) is 14.5. The first kappa shape index (κ1) is 21.0. The second-order valence-corrected chi connectivity index (χ2v) is 7.14. The van der Waals surface area contributed by atoms with E-state index in [1.54, 1.807) is 53.1 Å². The third-order valence-corrected chi connectivity index (χ3v) is 4.85. The molecule has 0 aliphatic rings. The summed E-state index contributed by atoms with van der Waals surface area (Å²) in [5.74, 6) is 0.00693. The van der Waals surface area contributed by atoms with Gasteiger partial charge in [0, 0.05) is 18.7 Å². The van der Waals surface area contributed by atoms with Crippen LogP contribution in [0, 0.1) is 5.82 Å². The van der Waals surface area contributed by atoms with Gasteiger partial charge in [0.05, 0.1) is 0 Å². The number of amides is 2. The van der Waals surface area contributed by atoms with Crippen LogP contribution >= 0.6 is 11.8 Å². The van der Waals surface area contributed by atoms with E-state index in [0.29, 0.717) is 25.1 Å². The molecule has 0 aliphatic carbocycles. The smallest absolute Gasteiger partial charge is 0.251 e. The lowest BCUT2D eigenvalue weighted by molar-refractivity contribution is -0.133. The highest BCUT2D eigenvalue weighted by molar-refractivity contribution is 7.98. The van der Waals surface area contributed by atoms with Gasteiger partial charge in [0.2, 0.25) is 5.91 Å². The number of nitrogens with zero attached hydrogens (tertiary/aromatic N) is 1. The molecule has 144 valence electrons. The fraction of sp³-hybridized carbons (Fsp3) is 0.333. The normalized spacial score (nSPS) is 11.7. The van der Waals surface area contributed by atoms with Crippen LogP contribution in [0.25, 0.3) is 0 Å². The van der Waals surface area contributed by atoms with Gasteiger partial charge < -0.3 is 10.2 Å². The van der Waals surface area contributed by atoms with Gasteiger partial charge in [0.15, 0.2) is 0 Å². The number of nitrogens with one attached hydrogen (secondary N) is 1. The Kier molecular flexibility index (Phi) is 8.33. The van der Waals surface area contributed by atoms with Crippen molar-refractivity contribution < 1.29 is 14.0 Å². The maximum Gasteiger partial charge on any atom is 0.251 e. The van der Waals surface area contributed by atoms with Crippen molar-refractivity contribution in [3.8, 4) is 0 Å². The van der Waals surface area contributed by atoms with Gasteiger partial charge in [-0.1, -0.05) is 30.3 Å². The van der Waals surface area contributed by atoms with E-state index >= 15 is 0 Å². The van der Waals surface area contributed by atoms with Crippen LogP contribution in [0.3, 0.4) is 0 Å². The molecule has 0 spiro atoms. The minimum Gasteiger partial charge on any atom is -0.340 e. The number of rotatable bonds is 9. The predicted octanol–water partition coefficient (Wildman–Crippen LogP) is 3.73. The molecule has 0 bridgehead atoms. The van der Waals surface area contributed by atoms with Crippen molar-refractivity contribution in [3.05, 3.63) is 71.5 Å². The maximum atomic E-state index is 13.4. The van der Waals surface area contributed by atoms with Gasteiger partial charge in [-0.15, -0.1) is 0 Å². The third kappa shape index (κ3) is 6.40. The fourth-order valence-corrected chi connectivity index (χ4v) is 3.22. The van der Waals surface area contributed by atoms with Gasteiger partial charge in [-0.3, -0.25) is 9.59 Å². The Balaban J connectivity index is 2.12. The van der Waals surface area contributed by atoms with Gasteiger partial charge in [-0.2, -0.15) is 11.8 Å². The Morgan fingerprint density at radius 1 is 1.15 bits per heavy atom. The molecule has 2 aromatic rings. The standard InChI is InChI=1S/C21H25FN2O2S/c1-3-24(15-16-8-7-11-18(22)14-16)21(26)19(12-13-27-2)23-20(25)17-9-5-4-6-10-17/h4-11,14,19H,3,12-13,15H2,1-2H3,(H,23,25)/t19-/m1/s1. The van der Waals surface area contributed by atoms with Crippen molar-refractivity contribution in [1.29, 1.82) is 0 Å². The van der Waals surface area contributed by atoms with Gasteiger partial charge in [0.1, 0.15) is 11.9 Å². The molecule has 1 N–H and O–H groups in total. The molecule has 0 radical (unpaired) electrons. The van der Waals surface area contributed by atoms with Crippen molar-refractivity contribution in [1.82, 2.24) is 10.2 Å². The number of benzene rings is 2. The second kappa shape index (κ2) is 10.7. The molecule has 0 saturated carbocycles. The number of halogens is 1. The van der Waals surface area contributed by atoms with Crippen molar-refractivity contribution in [2.45, 2.75) is 25.9 Å². The minimum absolute atomic E-state index is 0.153. The van der Waals surface area contributed by atoms with E-state index in [0.717, 1.165) is 11.3 Å². The maximum absolute atomic E-state index is 13.4. The molecule has 0 aliphatic heterocycles. The summed E-state index contributed by atoms with van der Waals surface area (Å²) in [5.41, 5.74) is 1.25. The zero-order valence-electron chi connectivity index (χ0n) is 15.7. The molecule has 4 nitrogen and oxygen atoms in total. The van der Waals surface area contributed by atoms with Crippen molar-refractivity contribution in [2.75, 3.05) is 18.6 Å². The van der Waals surface area contributed by atoms with Gasteiger partial charge in [-0.25, -0.2) is 4.39 Å². The Bertz CT molecular complexity index is 755. The van der Waals surface area contributed by atoms with Crippen LogP contribution in [0.1, 0.15) is 29.3 Å². The lowest BCUT2D eigenvalue weighted by Gasteiger charge is -2.27. The second-order valence-electron chi connectivity index (χ2n) is 6.16. The van der Waals surface area contributed by atoms with Crippen LogP contribution in [-0.4, -0.2) is 41.3 Å². The predicted molar refractivity (Wildman–Crippen MR) is 108 cm³/mol. The summed E-state index contributed by atoms with van der Waals surface area (Å²) in [7, 11) is 0. The Morgan fingerprint density at radius 2 is 1.89 bits per heavy atom.